The Morgan fingerprint density at radius 1 is 1.38 bits per heavy atom. The number of rotatable bonds is 3. The van der Waals surface area contributed by atoms with Crippen LogP contribution in [0.15, 0.2) is 29.8 Å². The summed E-state index contributed by atoms with van der Waals surface area (Å²) in [7, 11) is 0. The van der Waals surface area contributed by atoms with E-state index in [1.54, 1.807) is 11.3 Å². The third-order valence-electron chi connectivity index (χ3n) is 2.49. The maximum atomic E-state index is 6.18. The molecule has 1 aromatic carbocycles. The Morgan fingerprint density at radius 3 is 2.62 bits per heavy atom. The predicted octanol–water partition coefficient (Wildman–Crippen LogP) is 3.30. The van der Waals surface area contributed by atoms with Crippen molar-refractivity contribution in [2.24, 2.45) is 5.73 Å². The minimum Gasteiger partial charge on any atom is -0.323 e. The summed E-state index contributed by atoms with van der Waals surface area (Å²) in [4.78, 5) is 5.42. The Morgan fingerprint density at radius 2 is 2.06 bits per heavy atom. The Bertz CT molecular complexity index is 464. The number of hydrogen-bond donors (Lipinski definition) is 1. The van der Waals surface area contributed by atoms with Gasteiger partial charge in [0, 0.05) is 14.5 Å². The van der Waals surface area contributed by atoms with Crippen LogP contribution in [0.25, 0.3) is 0 Å². The van der Waals surface area contributed by atoms with Gasteiger partial charge in [0.25, 0.3) is 0 Å². The lowest BCUT2D eigenvalue weighted by Crippen LogP contribution is -2.13. The van der Waals surface area contributed by atoms with Gasteiger partial charge in [-0.05, 0) is 53.6 Å². The smallest absolute Gasteiger partial charge is 0.0798 e. The van der Waals surface area contributed by atoms with Crippen LogP contribution in [0.2, 0.25) is 0 Å². The lowest BCUT2D eigenvalue weighted by atomic mass is 10.0. The van der Waals surface area contributed by atoms with E-state index < -0.39 is 0 Å². The molecule has 0 amide bonds. The molecule has 2 aromatic rings. The summed E-state index contributed by atoms with van der Waals surface area (Å²) >= 11 is 3.95. The van der Waals surface area contributed by atoms with Crippen molar-refractivity contribution in [3.05, 3.63) is 49.5 Å². The number of hydrogen-bond acceptors (Lipinski definition) is 3. The summed E-state index contributed by atoms with van der Waals surface area (Å²) < 4.78 is 1.25. The second-order valence-electron chi connectivity index (χ2n) is 3.74. The highest BCUT2D eigenvalue weighted by atomic mass is 127. The summed E-state index contributed by atoms with van der Waals surface area (Å²) in [6, 6.07) is 8.56. The van der Waals surface area contributed by atoms with Crippen LogP contribution in [0.3, 0.4) is 0 Å². The van der Waals surface area contributed by atoms with Gasteiger partial charge in [-0.15, -0.1) is 11.3 Å². The van der Waals surface area contributed by atoms with Gasteiger partial charge in [-0.1, -0.05) is 12.1 Å². The number of nitrogens with two attached hydrogens (primary N) is 1. The first kappa shape index (κ1) is 12.0. The zero-order valence-corrected chi connectivity index (χ0v) is 12.0. The Labute approximate surface area is 113 Å². The molecule has 0 aliphatic heterocycles. The number of aryl methyl sites for hydroxylation is 1. The van der Waals surface area contributed by atoms with Crippen molar-refractivity contribution in [3.8, 4) is 0 Å². The zero-order valence-electron chi connectivity index (χ0n) is 8.98. The van der Waals surface area contributed by atoms with E-state index in [0.29, 0.717) is 0 Å². The second-order valence-corrected chi connectivity index (χ2v) is 5.87. The second kappa shape index (κ2) is 5.25. The van der Waals surface area contributed by atoms with Gasteiger partial charge in [0.05, 0.1) is 11.2 Å². The van der Waals surface area contributed by atoms with E-state index in [9.17, 15) is 0 Å². The largest absolute Gasteiger partial charge is 0.323 e. The summed E-state index contributed by atoms with van der Waals surface area (Å²) in [5.41, 5.74) is 10.4. The van der Waals surface area contributed by atoms with Crippen LogP contribution in [0.5, 0.6) is 0 Å². The zero-order chi connectivity index (χ0) is 11.5. The summed E-state index contributed by atoms with van der Waals surface area (Å²) in [6.07, 6.45) is 0.875. The Balaban J connectivity index is 2.10. The van der Waals surface area contributed by atoms with Crippen molar-refractivity contribution in [2.45, 2.75) is 19.4 Å². The van der Waals surface area contributed by atoms with Crippen LogP contribution in [0.1, 0.15) is 22.2 Å². The minimum atomic E-state index is 0.0626. The normalized spacial score (nSPS) is 12.7. The van der Waals surface area contributed by atoms with E-state index in [2.05, 4.69) is 51.8 Å². The summed E-state index contributed by atoms with van der Waals surface area (Å²) in [5, 5.41) is 0. The molecule has 0 radical (unpaired) electrons. The molecule has 1 atom stereocenters. The van der Waals surface area contributed by atoms with Crippen LogP contribution in [0, 0.1) is 10.5 Å². The molecule has 2 nitrogen and oxygen atoms in total. The monoisotopic (exact) mass is 344 g/mol. The maximum Gasteiger partial charge on any atom is 0.0798 e. The van der Waals surface area contributed by atoms with E-state index in [-0.39, 0.29) is 6.04 Å². The molecular weight excluding hydrogens is 331 g/mol. The molecule has 84 valence electrons. The maximum absolute atomic E-state index is 6.18. The molecule has 0 aliphatic rings. The third kappa shape index (κ3) is 2.81. The van der Waals surface area contributed by atoms with Crippen LogP contribution < -0.4 is 5.73 Å². The van der Waals surface area contributed by atoms with Gasteiger partial charge in [0.2, 0.25) is 0 Å². The average molecular weight is 344 g/mol. The third-order valence-corrected chi connectivity index (χ3v) is 4.27. The first-order valence-electron chi connectivity index (χ1n) is 5.07. The fraction of sp³-hybridized carbons (Fsp3) is 0.250. The molecule has 4 heteroatoms. The van der Waals surface area contributed by atoms with Gasteiger partial charge < -0.3 is 5.73 Å². The first-order chi connectivity index (χ1) is 7.66. The lowest BCUT2D eigenvalue weighted by molar-refractivity contribution is 0.728. The predicted molar refractivity (Wildman–Crippen MR) is 76.6 cm³/mol. The molecule has 0 spiro atoms. The molecule has 0 saturated heterocycles. The number of thiazole rings is 1. The van der Waals surface area contributed by atoms with Gasteiger partial charge in [-0.25, -0.2) is 4.98 Å². The molecular formula is C12H13IN2S. The molecule has 0 aliphatic carbocycles. The summed E-state index contributed by atoms with van der Waals surface area (Å²) in [6.45, 7) is 2.01. The first-order valence-corrected chi connectivity index (χ1v) is 7.02. The van der Waals surface area contributed by atoms with Gasteiger partial charge in [0.15, 0.2) is 0 Å². The number of halogens is 1. The molecule has 1 unspecified atom stereocenters. The van der Waals surface area contributed by atoms with Crippen molar-refractivity contribution in [2.75, 3.05) is 0 Å². The fourth-order valence-corrected chi connectivity index (χ4v) is 2.80. The quantitative estimate of drug-likeness (QED) is 0.868. The fourth-order valence-electron chi connectivity index (χ4n) is 1.63. The van der Waals surface area contributed by atoms with Crippen LogP contribution in [-0.2, 0) is 6.42 Å². The van der Waals surface area contributed by atoms with E-state index in [1.165, 1.54) is 14.0 Å². The Hall–Kier alpha value is -0.460. The van der Waals surface area contributed by atoms with Crippen LogP contribution in [-0.4, -0.2) is 4.98 Å². The van der Waals surface area contributed by atoms with Crippen LogP contribution >= 0.6 is 33.9 Å². The van der Waals surface area contributed by atoms with E-state index >= 15 is 0 Å². The lowest BCUT2D eigenvalue weighted by Gasteiger charge is -2.10. The average Bonchev–Trinajstić information content (AvgIpc) is 2.68. The summed E-state index contributed by atoms with van der Waals surface area (Å²) in [5.74, 6) is 0. The molecule has 2 rings (SSSR count). The highest BCUT2D eigenvalue weighted by molar-refractivity contribution is 14.1. The Kier molecular flexibility index (Phi) is 3.94. The molecule has 1 aromatic heterocycles. The van der Waals surface area contributed by atoms with Crippen molar-refractivity contribution in [1.82, 2.24) is 4.98 Å². The van der Waals surface area contributed by atoms with E-state index in [1.807, 2.05) is 12.4 Å². The van der Waals surface area contributed by atoms with E-state index in [4.69, 9.17) is 5.73 Å². The number of nitrogens with zero attached hydrogens (tertiary/aromatic N) is 1. The molecule has 1 heterocycles. The van der Waals surface area contributed by atoms with Gasteiger partial charge in [-0.3, -0.25) is 0 Å². The van der Waals surface area contributed by atoms with Crippen molar-refractivity contribution < 1.29 is 0 Å². The van der Waals surface area contributed by atoms with Gasteiger partial charge >= 0.3 is 0 Å². The minimum absolute atomic E-state index is 0.0626. The van der Waals surface area contributed by atoms with Crippen molar-refractivity contribution in [3.63, 3.8) is 0 Å². The topological polar surface area (TPSA) is 38.9 Å². The SMILES string of the molecule is Cc1ncsc1C(N)Cc1ccc(I)cc1. The van der Waals surface area contributed by atoms with Crippen molar-refractivity contribution >= 4 is 33.9 Å². The molecule has 0 fully saturated rings. The van der Waals surface area contributed by atoms with Gasteiger partial charge in [-0.2, -0.15) is 0 Å². The molecule has 2 N–H and O–H groups in total. The number of benzene rings is 1. The number of aromatic nitrogens is 1. The van der Waals surface area contributed by atoms with Crippen LogP contribution in [0.4, 0.5) is 0 Å². The molecule has 16 heavy (non-hydrogen) atoms. The molecule has 0 saturated carbocycles. The van der Waals surface area contributed by atoms with Crippen molar-refractivity contribution in [1.29, 1.82) is 0 Å². The molecule has 0 bridgehead atoms. The standard InChI is InChI=1S/C12H13IN2S/c1-8-12(16-7-15-8)11(14)6-9-2-4-10(13)5-3-9/h2-5,7,11H,6,14H2,1H3. The van der Waals surface area contributed by atoms with Gasteiger partial charge in [0.1, 0.15) is 0 Å². The highest BCUT2D eigenvalue weighted by Gasteiger charge is 2.11. The highest BCUT2D eigenvalue weighted by Crippen LogP contribution is 2.23. The van der Waals surface area contributed by atoms with E-state index in [0.717, 1.165) is 12.1 Å².